The highest BCUT2D eigenvalue weighted by atomic mass is 35.5. The second-order valence-electron chi connectivity index (χ2n) is 5.79. The van der Waals surface area contributed by atoms with Gasteiger partial charge in [-0.2, -0.15) is 5.26 Å². The number of aliphatic hydroxyl groups is 1. The summed E-state index contributed by atoms with van der Waals surface area (Å²) in [7, 11) is 0. The lowest BCUT2D eigenvalue weighted by atomic mass is 10.1. The Labute approximate surface area is 148 Å². The second kappa shape index (κ2) is 6.17. The van der Waals surface area contributed by atoms with E-state index >= 15 is 0 Å². The minimum atomic E-state index is -0.138. The van der Waals surface area contributed by atoms with E-state index in [2.05, 4.69) is 16.0 Å². The van der Waals surface area contributed by atoms with Gasteiger partial charge in [-0.25, -0.2) is 4.98 Å². The molecule has 4 rings (SSSR count). The normalized spacial score (nSPS) is 11.1. The molecule has 0 aliphatic rings. The number of hydrogen-bond donors (Lipinski definition) is 1. The first-order chi connectivity index (χ1) is 12.2. The number of nitrogens with zero attached hydrogens (tertiary/aromatic N) is 4. The van der Waals surface area contributed by atoms with Crippen LogP contribution in [0.2, 0.25) is 5.02 Å². The second-order valence-corrected chi connectivity index (χ2v) is 6.23. The van der Waals surface area contributed by atoms with Crippen molar-refractivity contribution in [3.63, 3.8) is 0 Å². The van der Waals surface area contributed by atoms with Crippen LogP contribution in [0.5, 0.6) is 0 Å². The molecule has 0 bridgehead atoms. The maximum Gasteiger partial charge on any atom is 0.141 e. The molecule has 0 unspecified atom stereocenters. The lowest BCUT2D eigenvalue weighted by Crippen LogP contribution is -1.99. The van der Waals surface area contributed by atoms with Crippen molar-refractivity contribution in [2.45, 2.75) is 13.2 Å². The fourth-order valence-electron chi connectivity index (χ4n) is 3.08. The molecular formula is C19H13ClN4O. The van der Waals surface area contributed by atoms with E-state index in [0.717, 1.165) is 16.5 Å². The smallest absolute Gasteiger partial charge is 0.141 e. The van der Waals surface area contributed by atoms with E-state index in [1.54, 1.807) is 18.5 Å². The quantitative estimate of drug-likeness (QED) is 0.613. The fraction of sp³-hybridized carbons (Fsp3) is 0.105. The molecule has 5 nitrogen and oxygen atoms in total. The molecular weight excluding hydrogens is 336 g/mol. The van der Waals surface area contributed by atoms with Crippen LogP contribution < -0.4 is 0 Å². The highest BCUT2D eigenvalue weighted by Gasteiger charge is 2.13. The third-order valence-electron chi connectivity index (χ3n) is 4.19. The van der Waals surface area contributed by atoms with Crippen molar-refractivity contribution in [3.8, 4) is 6.07 Å². The van der Waals surface area contributed by atoms with Gasteiger partial charge in [0.2, 0.25) is 0 Å². The van der Waals surface area contributed by atoms with Crippen molar-refractivity contribution in [1.82, 2.24) is 14.5 Å². The molecule has 0 saturated heterocycles. The molecule has 4 aromatic rings. The number of fused-ring (bicyclic) bond motifs is 2. The zero-order chi connectivity index (χ0) is 17.4. The largest absolute Gasteiger partial charge is 0.392 e. The van der Waals surface area contributed by atoms with Gasteiger partial charge in [0.1, 0.15) is 5.65 Å². The first kappa shape index (κ1) is 15.6. The molecule has 6 heteroatoms. The lowest BCUT2D eigenvalue weighted by molar-refractivity contribution is 0.283. The number of aliphatic hydroxyl groups excluding tert-OH is 1. The SMILES string of the molecule is N#Cc1ccnc2c1c(CO)cn2Cc1ccc2ncc(Cl)cc2c1. The van der Waals surface area contributed by atoms with Crippen LogP contribution in [0.15, 0.2) is 48.9 Å². The van der Waals surface area contributed by atoms with Crippen LogP contribution in [0.1, 0.15) is 16.7 Å². The molecule has 1 aromatic carbocycles. The van der Waals surface area contributed by atoms with Crippen molar-refractivity contribution < 1.29 is 5.11 Å². The third-order valence-corrected chi connectivity index (χ3v) is 4.40. The van der Waals surface area contributed by atoms with E-state index in [1.165, 1.54) is 0 Å². The van der Waals surface area contributed by atoms with Crippen LogP contribution in [0.25, 0.3) is 21.9 Å². The molecule has 0 amide bonds. The summed E-state index contributed by atoms with van der Waals surface area (Å²) < 4.78 is 1.95. The summed E-state index contributed by atoms with van der Waals surface area (Å²) in [5.74, 6) is 0. The minimum absolute atomic E-state index is 0.138. The van der Waals surface area contributed by atoms with Crippen LogP contribution in [-0.2, 0) is 13.2 Å². The Kier molecular flexibility index (Phi) is 3.85. The van der Waals surface area contributed by atoms with Crippen molar-refractivity contribution in [2.75, 3.05) is 0 Å². The molecule has 122 valence electrons. The summed E-state index contributed by atoms with van der Waals surface area (Å²) in [6.07, 6.45) is 5.09. The molecule has 0 radical (unpaired) electrons. The zero-order valence-electron chi connectivity index (χ0n) is 13.1. The van der Waals surface area contributed by atoms with E-state index in [-0.39, 0.29) is 6.61 Å². The molecule has 0 atom stereocenters. The Morgan fingerprint density at radius 2 is 2.08 bits per heavy atom. The first-order valence-corrected chi connectivity index (χ1v) is 8.09. The van der Waals surface area contributed by atoms with E-state index < -0.39 is 0 Å². The maximum atomic E-state index is 9.63. The summed E-state index contributed by atoms with van der Waals surface area (Å²) in [6.45, 7) is 0.432. The molecule has 0 fully saturated rings. The standard InChI is InChI=1S/C19H13ClN4O/c20-16-6-14-5-12(1-2-17(14)23-8-16)9-24-10-15(11-25)18-13(7-21)3-4-22-19(18)24/h1-6,8,10,25H,9,11H2. The highest BCUT2D eigenvalue weighted by molar-refractivity contribution is 6.31. The van der Waals surface area contributed by atoms with Crippen molar-refractivity contribution >= 4 is 33.5 Å². The number of hydrogen-bond acceptors (Lipinski definition) is 4. The predicted octanol–water partition coefficient (Wildman–Crippen LogP) is 3.65. The molecule has 3 aromatic heterocycles. The van der Waals surface area contributed by atoms with Gasteiger partial charge < -0.3 is 9.67 Å². The van der Waals surface area contributed by atoms with E-state index in [4.69, 9.17) is 11.6 Å². The number of halogens is 1. The van der Waals surface area contributed by atoms with Gasteiger partial charge in [0.25, 0.3) is 0 Å². The lowest BCUT2D eigenvalue weighted by Gasteiger charge is -2.07. The van der Waals surface area contributed by atoms with Gasteiger partial charge in [0.05, 0.1) is 28.8 Å². The number of rotatable bonds is 3. The Morgan fingerprint density at radius 3 is 2.88 bits per heavy atom. The average Bonchev–Trinajstić information content (AvgIpc) is 2.99. The minimum Gasteiger partial charge on any atom is -0.392 e. The van der Waals surface area contributed by atoms with Crippen LogP contribution in [0.4, 0.5) is 0 Å². The van der Waals surface area contributed by atoms with Crippen LogP contribution in [0.3, 0.4) is 0 Å². The molecule has 0 aliphatic heterocycles. The van der Waals surface area contributed by atoms with E-state index in [0.29, 0.717) is 33.7 Å². The molecule has 0 spiro atoms. The van der Waals surface area contributed by atoms with Gasteiger partial charge in [-0.15, -0.1) is 0 Å². The fourth-order valence-corrected chi connectivity index (χ4v) is 3.25. The molecule has 1 N–H and O–H groups in total. The third kappa shape index (κ3) is 2.72. The van der Waals surface area contributed by atoms with Crippen molar-refractivity contribution in [1.29, 1.82) is 5.26 Å². The molecule has 0 saturated carbocycles. The van der Waals surface area contributed by atoms with Gasteiger partial charge in [0.15, 0.2) is 0 Å². The Balaban J connectivity index is 1.82. The first-order valence-electron chi connectivity index (χ1n) is 7.71. The Morgan fingerprint density at radius 1 is 1.20 bits per heavy atom. The van der Waals surface area contributed by atoms with Crippen molar-refractivity contribution in [2.24, 2.45) is 0 Å². The van der Waals surface area contributed by atoms with Gasteiger partial charge in [0, 0.05) is 41.5 Å². The van der Waals surface area contributed by atoms with Gasteiger partial charge in [-0.05, 0) is 29.8 Å². The van der Waals surface area contributed by atoms with Crippen LogP contribution >= 0.6 is 11.6 Å². The highest BCUT2D eigenvalue weighted by Crippen LogP contribution is 2.25. The van der Waals surface area contributed by atoms with E-state index in [9.17, 15) is 10.4 Å². The summed E-state index contributed by atoms with van der Waals surface area (Å²) in [6, 6.07) is 11.7. The zero-order valence-corrected chi connectivity index (χ0v) is 13.9. The topological polar surface area (TPSA) is 74.7 Å². The van der Waals surface area contributed by atoms with E-state index in [1.807, 2.05) is 35.0 Å². The molecule has 0 aliphatic carbocycles. The predicted molar refractivity (Wildman–Crippen MR) is 96.2 cm³/mol. The average molecular weight is 349 g/mol. The monoisotopic (exact) mass is 348 g/mol. The number of nitriles is 1. The van der Waals surface area contributed by atoms with Crippen LogP contribution in [0, 0.1) is 11.3 Å². The van der Waals surface area contributed by atoms with Crippen molar-refractivity contribution in [3.05, 3.63) is 70.6 Å². The van der Waals surface area contributed by atoms with Gasteiger partial charge in [-0.1, -0.05) is 17.7 Å². The summed E-state index contributed by atoms with van der Waals surface area (Å²) in [5, 5.41) is 21.2. The summed E-state index contributed by atoms with van der Waals surface area (Å²) >= 11 is 6.03. The van der Waals surface area contributed by atoms with Gasteiger partial charge >= 0.3 is 0 Å². The summed E-state index contributed by atoms with van der Waals surface area (Å²) in [4.78, 5) is 8.70. The Hall–Kier alpha value is -2.94. The Bertz CT molecular complexity index is 1140. The maximum absolute atomic E-state index is 9.63. The summed E-state index contributed by atoms with van der Waals surface area (Å²) in [5.41, 5.74) is 3.84. The van der Waals surface area contributed by atoms with Crippen LogP contribution in [-0.4, -0.2) is 19.6 Å². The van der Waals surface area contributed by atoms with Gasteiger partial charge in [-0.3, -0.25) is 4.98 Å². The molecule has 3 heterocycles. The number of aromatic nitrogens is 3. The molecule has 25 heavy (non-hydrogen) atoms. The number of benzene rings is 1. The number of pyridine rings is 2.